The van der Waals surface area contributed by atoms with Crippen LogP contribution >= 0.6 is 34.3 Å². The van der Waals surface area contributed by atoms with Crippen molar-refractivity contribution in [3.63, 3.8) is 0 Å². The number of thiophene rings is 1. The first kappa shape index (κ1) is 18.2. The van der Waals surface area contributed by atoms with Gasteiger partial charge in [0.1, 0.15) is 10.6 Å². The summed E-state index contributed by atoms with van der Waals surface area (Å²) < 4.78 is 7.55. The van der Waals surface area contributed by atoms with Crippen molar-refractivity contribution in [3.8, 4) is 5.75 Å². The van der Waals surface area contributed by atoms with Crippen molar-refractivity contribution in [2.75, 3.05) is 18.0 Å². The van der Waals surface area contributed by atoms with Gasteiger partial charge >= 0.3 is 5.97 Å². The molecule has 138 valence electrons. The second kappa shape index (κ2) is 7.46. The van der Waals surface area contributed by atoms with Crippen LogP contribution < -0.4 is 9.64 Å². The fraction of sp³-hybridized carbons (Fsp3) is 0.200. The Labute approximate surface area is 170 Å². The Bertz CT molecular complexity index is 1130. The number of hydrogen-bond acceptors (Lipinski definition) is 6. The maximum Gasteiger partial charge on any atom is 0.355 e. The van der Waals surface area contributed by atoms with E-state index in [9.17, 15) is 4.79 Å². The zero-order valence-corrected chi connectivity index (χ0v) is 17.2. The third-order valence-electron chi connectivity index (χ3n) is 4.31. The van der Waals surface area contributed by atoms with Crippen molar-refractivity contribution >= 4 is 65.7 Å². The van der Waals surface area contributed by atoms with Gasteiger partial charge in [0.15, 0.2) is 5.13 Å². The van der Waals surface area contributed by atoms with E-state index in [4.69, 9.17) is 16.3 Å². The Morgan fingerprint density at radius 1 is 1.11 bits per heavy atom. The molecule has 0 spiro atoms. The van der Waals surface area contributed by atoms with E-state index in [1.165, 1.54) is 11.3 Å². The first-order chi connectivity index (χ1) is 13.1. The Morgan fingerprint density at radius 2 is 1.89 bits per heavy atom. The lowest BCUT2D eigenvalue weighted by Crippen LogP contribution is -2.21. The number of fused-ring (bicyclic) bond motifs is 2. The van der Waals surface area contributed by atoms with Crippen LogP contribution in [-0.2, 0) is 0 Å². The number of thiazole rings is 1. The van der Waals surface area contributed by atoms with Gasteiger partial charge in [-0.3, -0.25) is 0 Å². The molecule has 27 heavy (non-hydrogen) atoms. The van der Waals surface area contributed by atoms with Crippen LogP contribution in [0.3, 0.4) is 0 Å². The number of carbonyl (C=O) groups is 1. The van der Waals surface area contributed by atoms with Gasteiger partial charge in [0, 0.05) is 29.2 Å². The molecule has 0 unspecified atom stereocenters. The molecule has 7 heteroatoms. The summed E-state index contributed by atoms with van der Waals surface area (Å²) in [5.41, 5.74) is 0.904. The number of carbonyl (C=O) groups excluding carboxylic acids is 1. The molecule has 4 nitrogen and oxygen atoms in total. The Kier molecular flexibility index (Phi) is 5.04. The van der Waals surface area contributed by atoms with E-state index in [2.05, 4.69) is 23.7 Å². The van der Waals surface area contributed by atoms with Crippen LogP contribution in [0, 0.1) is 0 Å². The molecule has 0 saturated carbocycles. The lowest BCUT2D eigenvalue weighted by Gasteiger charge is -2.16. The number of hydrogen-bond donors (Lipinski definition) is 0. The summed E-state index contributed by atoms with van der Waals surface area (Å²) in [6.45, 7) is 6.03. The molecular formula is C20H17ClN2O2S2. The van der Waals surface area contributed by atoms with Crippen LogP contribution in [0.1, 0.15) is 23.5 Å². The maximum absolute atomic E-state index is 12.6. The van der Waals surface area contributed by atoms with E-state index < -0.39 is 5.97 Å². The summed E-state index contributed by atoms with van der Waals surface area (Å²) in [6, 6.07) is 13.2. The van der Waals surface area contributed by atoms with Gasteiger partial charge in [-0.05, 0) is 32.0 Å². The number of rotatable bonds is 5. The number of esters is 1. The Balaban J connectivity index is 1.62. The molecule has 0 atom stereocenters. The van der Waals surface area contributed by atoms with Gasteiger partial charge in [0.2, 0.25) is 0 Å². The van der Waals surface area contributed by atoms with Crippen molar-refractivity contribution in [3.05, 3.63) is 52.4 Å². The Morgan fingerprint density at radius 3 is 2.63 bits per heavy atom. The highest BCUT2D eigenvalue weighted by Gasteiger charge is 2.19. The standard InChI is InChI=1S/C20H17ClN2O2S2/c1-3-23(4-2)20-22-14-10-9-12(11-16(14)27-20)25-19(24)18-17(21)13-7-5-6-8-15(13)26-18/h5-11H,3-4H2,1-2H3. The number of halogens is 1. The van der Waals surface area contributed by atoms with Gasteiger partial charge in [-0.15, -0.1) is 11.3 Å². The topological polar surface area (TPSA) is 42.4 Å². The maximum atomic E-state index is 12.6. The molecule has 0 amide bonds. The zero-order chi connectivity index (χ0) is 19.0. The van der Waals surface area contributed by atoms with Crippen LogP contribution in [-0.4, -0.2) is 24.0 Å². The predicted octanol–water partition coefficient (Wildman–Crippen LogP) is 6.23. The molecule has 0 aliphatic carbocycles. The smallest absolute Gasteiger partial charge is 0.355 e. The quantitative estimate of drug-likeness (QED) is 0.285. The molecule has 4 rings (SSSR count). The van der Waals surface area contributed by atoms with E-state index in [-0.39, 0.29) is 0 Å². The number of ether oxygens (including phenoxy) is 1. The largest absolute Gasteiger partial charge is 0.422 e. The minimum absolute atomic E-state index is 0.422. The first-order valence-corrected chi connectivity index (χ1v) is 10.7. The number of anilines is 1. The molecule has 2 aromatic carbocycles. The monoisotopic (exact) mass is 416 g/mol. The van der Waals surface area contributed by atoms with Gasteiger partial charge in [-0.25, -0.2) is 9.78 Å². The van der Waals surface area contributed by atoms with Gasteiger partial charge in [-0.1, -0.05) is 41.1 Å². The van der Waals surface area contributed by atoms with Crippen molar-refractivity contribution in [1.29, 1.82) is 0 Å². The van der Waals surface area contributed by atoms with Crippen molar-refractivity contribution in [1.82, 2.24) is 4.98 Å². The highest BCUT2D eigenvalue weighted by Crippen LogP contribution is 2.36. The van der Waals surface area contributed by atoms with Gasteiger partial charge in [-0.2, -0.15) is 0 Å². The second-order valence-corrected chi connectivity index (χ2v) is 8.37. The average molecular weight is 417 g/mol. The fourth-order valence-electron chi connectivity index (χ4n) is 2.88. The summed E-state index contributed by atoms with van der Waals surface area (Å²) in [5, 5.41) is 2.30. The minimum Gasteiger partial charge on any atom is -0.422 e. The summed E-state index contributed by atoms with van der Waals surface area (Å²) in [6.07, 6.45) is 0. The fourth-order valence-corrected chi connectivity index (χ4v) is 5.39. The molecule has 0 bridgehead atoms. The molecule has 0 radical (unpaired) electrons. The second-order valence-electron chi connectivity index (χ2n) is 5.93. The van der Waals surface area contributed by atoms with Crippen LogP contribution in [0.25, 0.3) is 20.3 Å². The zero-order valence-electron chi connectivity index (χ0n) is 14.9. The van der Waals surface area contributed by atoms with Gasteiger partial charge < -0.3 is 9.64 Å². The summed E-state index contributed by atoms with van der Waals surface area (Å²) in [4.78, 5) is 19.9. The summed E-state index contributed by atoms with van der Waals surface area (Å²) in [5.74, 6) is 0.0600. The molecule has 2 heterocycles. The molecule has 0 fully saturated rings. The lowest BCUT2D eigenvalue weighted by atomic mass is 10.2. The molecule has 0 N–H and O–H groups in total. The van der Waals surface area contributed by atoms with Crippen molar-refractivity contribution in [2.45, 2.75) is 13.8 Å². The Hall–Kier alpha value is -2.15. The van der Waals surface area contributed by atoms with Gasteiger partial charge in [0.05, 0.1) is 15.2 Å². The lowest BCUT2D eigenvalue weighted by molar-refractivity contribution is 0.0740. The van der Waals surface area contributed by atoms with Crippen LogP contribution in [0.15, 0.2) is 42.5 Å². The molecular weight excluding hydrogens is 400 g/mol. The number of benzene rings is 2. The highest BCUT2D eigenvalue weighted by atomic mass is 35.5. The third kappa shape index (κ3) is 3.40. The average Bonchev–Trinajstić information content (AvgIpc) is 3.24. The molecule has 4 aromatic rings. The van der Waals surface area contributed by atoms with Crippen LogP contribution in [0.5, 0.6) is 5.75 Å². The summed E-state index contributed by atoms with van der Waals surface area (Å²) >= 11 is 9.32. The van der Waals surface area contributed by atoms with Crippen molar-refractivity contribution in [2.24, 2.45) is 0 Å². The number of aromatic nitrogens is 1. The van der Waals surface area contributed by atoms with E-state index in [0.29, 0.717) is 15.6 Å². The first-order valence-electron chi connectivity index (χ1n) is 8.65. The van der Waals surface area contributed by atoms with Crippen LogP contribution in [0.4, 0.5) is 5.13 Å². The molecule has 0 aliphatic heterocycles. The highest BCUT2D eigenvalue weighted by molar-refractivity contribution is 7.22. The molecule has 0 aliphatic rings. The molecule has 2 aromatic heterocycles. The van der Waals surface area contributed by atoms with Gasteiger partial charge in [0.25, 0.3) is 0 Å². The SMILES string of the molecule is CCN(CC)c1nc2ccc(OC(=O)c3sc4ccccc4c3Cl)cc2s1. The normalized spacial score (nSPS) is 11.2. The molecule has 0 saturated heterocycles. The minimum atomic E-state index is -0.436. The van der Waals surface area contributed by atoms with Crippen molar-refractivity contribution < 1.29 is 9.53 Å². The van der Waals surface area contributed by atoms with E-state index >= 15 is 0 Å². The summed E-state index contributed by atoms with van der Waals surface area (Å²) in [7, 11) is 0. The predicted molar refractivity (Wildman–Crippen MR) is 115 cm³/mol. The van der Waals surface area contributed by atoms with E-state index in [1.807, 2.05) is 36.4 Å². The van der Waals surface area contributed by atoms with Crippen LogP contribution in [0.2, 0.25) is 5.02 Å². The van der Waals surface area contributed by atoms with E-state index in [1.54, 1.807) is 17.4 Å². The number of nitrogens with zero attached hydrogens (tertiary/aromatic N) is 2. The van der Waals surface area contributed by atoms with E-state index in [0.717, 1.165) is 38.5 Å². The third-order valence-corrected chi connectivity index (χ3v) is 7.05.